The van der Waals surface area contributed by atoms with E-state index in [0.717, 1.165) is 82.4 Å². The fourth-order valence-electron chi connectivity index (χ4n) is 4.49. The lowest BCUT2D eigenvalue weighted by atomic mass is 9.95. The number of aromatic nitrogens is 1. The molecule has 0 amide bonds. The van der Waals surface area contributed by atoms with E-state index in [2.05, 4.69) is 50.8 Å². The molecule has 1 saturated heterocycles. The van der Waals surface area contributed by atoms with Gasteiger partial charge in [0.2, 0.25) is 0 Å². The van der Waals surface area contributed by atoms with Crippen LogP contribution in [-0.4, -0.2) is 81.0 Å². The molecular weight excluding hydrogens is 416 g/mol. The number of nitriles is 1. The van der Waals surface area contributed by atoms with E-state index >= 15 is 0 Å². The number of ether oxygens (including phenoxy) is 2. The lowest BCUT2D eigenvalue weighted by Crippen LogP contribution is -2.39. The fourth-order valence-corrected chi connectivity index (χ4v) is 4.49. The molecule has 2 N–H and O–H groups in total. The first-order valence-corrected chi connectivity index (χ1v) is 11.8. The molecule has 0 unspecified atom stereocenters. The van der Waals surface area contributed by atoms with Crippen LogP contribution in [0.1, 0.15) is 22.3 Å². The number of anilines is 2. The highest BCUT2D eigenvalue weighted by Gasteiger charge is 2.26. The van der Waals surface area contributed by atoms with Gasteiger partial charge in [0.05, 0.1) is 25.4 Å². The lowest BCUT2D eigenvalue weighted by Gasteiger charge is -2.31. The Balaban J connectivity index is 1.52. The summed E-state index contributed by atoms with van der Waals surface area (Å²) < 4.78 is 10.7. The zero-order valence-corrected chi connectivity index (χ0v) is 19.5. The third kappa shape index (κ3) is 6.21. The molecule has 0 spiro atoms. The Bertz CT molecular complexity index is 940. The minimum Gasteiger partial charge on any atom is -0.383 e. The number of nitrogens with zero attached hydrogens (tertiary/aromatic N) is 4. The van der Waals surface area contributed by atoms with Gasteiger partial charge in [0.25, 0.3) is 0 Å². The van der Waals surface area contributed by atoms with Gasteiger partial charge >= 0.3 is 0 Å². The first kappa shape index (κ1) is 23.5. The van der Waals surface area contributed by atoms with Crippen LogP contribution in [0.4, 0.5) is 11.6 Å². The van der Waals surface area contributed by atoms with Gasteiger partial charge in [-0.15, -0.1) is 0 Å². The first-order chi connectivity index (χ1) is 16.3. The SMILES string of the molecule is COCCNc1nc(NCCN2CCOCC2)c(C#N)c2c1CN(Cc1ccccc1)CC2. The van der Waals surface area contributed by atoms with Crippen LogP contribution in [0.5, 0.6) is 0 Å². The third-order valence-corrected chi connectivity index (χ3v) is 6.26. The molecule has 1 fully saturated rings. The molecule has 8 heteroatoms. The van der Waals surface area contributed by atoms with Crippen molar-refractivity contribution in [3.8, 4) is 6.07 Å². The van der Waals surface area contributed by atoms with Crippen LogP contribution >= 0.6 is 0 Å². The zero-order valence-electron chi connectivity index (χ0n) is 19.5. The van der Waals surface area contributed by atoms with E-state index in [1.54, 1.807) is 7.11 Å². The van der Waals surface area contributed by atoms with Gasteiger partial charge in [0.15, 0.2) is 0 Å². The van der Waals surface area contributed by atoms with E-state index in [1.165, 1.54) is 5.56 Å². The van der Waals surface area contributed by atoms with Crippen LogP contribution in [-0.2, 0) is 29.0 Å². The Kier molecular flexibility index (Phi) is 8.50. The van der Waals surface area contributed by atoms with Gasteiger partial charge in [-0.2, -0.15) is 5.26 Å². The van der Waals surface area contributed by atoms with E-state index in [0.29, 0.717) is 24.5 Å². The molecule has 1 aromatic heterocycles. The van der Waals surface area contributed by atoms with Crippen molar-refractivity contribution in [2.75, 3.05) is 76.8 Å². The predicted molar refractivity (Wildman–Crippen MR) is 129 cm³/mol. The molecule has 3 heterocycles. The predicted octanol–water partition coefficient (Wildman–Crippen LogP) is 2.31. The number of hydrogen-bond acceptors (Lipinski definition) is 8. The smallest absolute Gasteiger partial charge is 0.146 e. The number of fused-ring (bicyclic) bond motifs is 1. The summed E-state index contributed by atoms with van der Waals surface area (Å²) in [5.74, 6) is 1.54. The normalized spacial score (nSPS) is 16.7. The largest absolute Gasteiger partial charge is 0.383 e. The minimum atomic E-state index is 0.601. The van der Waals surface area contributed by atoms with Crippen LogP contribution < -0.4 is 10.6 Å². The summed E-state index contributed by atoms with van der Waals surface area (Å²) in [7, 11) is 1.70. The van der Waals surface area contributed by atoms with E-state index in [9.17, 15) is 5.26 Å². The lowest BCUT2D eigenvalue weighted by molar-refractivity contribution is 0.0398. The van der Waals surface area contributed by atoms with Crippen LogP contribution in [0, 0.1) is 11.3 Å². The summed E-state index contributed by atoms with van der Waals surface area (Å²) in [6.07, 6.45) is 0.838. The van der Waals surface area contributed by atoms with Crippen molar-refractivity contribution in [3.63, 3.8) is 0 Å². The van der Waals surface area contributed by atoms with Crippen LogP contribution in [0.3, 0.4) is 0 Å². The molecule has 0 atom stereocenters. The van der Waals surface area contributed by atoms with E-state index in [1.807, 2.05) is 6.07 Å². The quantitative estimate of drug-likeness (QED) is 0.534. The van der Waals surface area contributed by atoms with Crippen LogP contribution in [0.2, 0.25) is 0 Å². The second kappa shape index (κ2) is 12.0. The zero-order chi connectivity index (χ0) is 22.9. The van der Waals surface area contributed by atoms with Crippen molar-refractivity contribution in [2.24, 2.45) is 0 Å². The van der Waals surface area contributed by atoms with Crippen molar-refractivity contribution in [3.05, 3.63) is 52.6 Å². The van der Waals surface area contributed by atoms with Gasteiger partial charge in [-0.3, -0.25) is 9.80 Å². The molecule has 1 aromatic carbocycles. The Morgan fingerprint density at radius 1 is 1.03 bits per heavy atom. The van der Waals surface area contributed by atoms with Crippen molar-refractivity contribution in [1.82, 2.24) is 14.8 Å². The van der Waals surface area contributed by atoms with Crippen molar-refractivity contribution in [2.45, 2.75) is 19.5 Å². The summed E-state index contributed by atoms with van der Waals surface area (Å²) in [4.78, 5) is 9.68. The summed E-state index contributed by atoms with van der Waals surface area (Å²) in [5, 5.41) is 16.9. The highest BCUT2D eigenvalue weighted by molar-refractivity contribution is 5.66. The topological polar surface area (TPSA) is 85.7 Å². The summed E-state index contributed by atoms with van der Waals surface area (Å²) in [5.41, 5.74) is 4.22. The molecule has 33 heavy (non-hydrogen) atoms. The fraction of sp³-hybridized carbons (Fsp3) is 0.520. The maximum Gasteiger partial charge on any atom is 0.146 e. The monoisotopic (exact) mass is 450 g/mol. The molecule has 2 aromatic rings. The number of methoxy groups -OCH3 is 1. The Morgan fingerprint density at radius 3 is 2.58 bits per heavy atom. The van der Waals surface area contributed by atoms with Gasteiger partial charge in [-0.1, -0.05) is 30.3 Å². The number of morpholine rings is 1. The Morgan fingerprint density at radius 2 is 1.82 bits per heavy atom. The first-order valence-electron chi connectivity index (χ1n) is 11.8. The number of nitrogens with one attached hydrogen (secondary N) is 2. The number of pyridine rings is 1. The van der Waals surface area contributed by atoms with Crippen LogP contribution in [0.15, 0.2) is 30.3 Å². The summed E-state index contributed by atoms with van der Waals surface area (Å²) in [6.45, 7) is 8.98. The maximum atomic E-state index is 10.0. The standard InChI is InChI=1S/C25H34N6O2/c1-32-14-9-28-25-23-19-31(18-20-5-3-2-4-6-20)10-7-21(23)22(17-26)24(29-25)27-8-11-30-12-15-33-16-13-30/h2-6H,7-16,18-19H2,1H3,(H2,27,28,29). The molecule has 0 saturated carbocycles. The van der Waals surface area contributed by atoms with Gasteiger partial charge in [-0.25, -0.2) is 4.98 Å². The molecule has 2 aliphatic heterocycles. The summed E-state index contributed by atoms with van der Waals surface area (Å²) in [6, 6.07) is 13.0. The number of hydrogen-bond donors (Lipinski definition) is 2. The second-order valence-corrected chi connectivity index (χ2v) is 8.50. The second-order valence-electron chi connectivity index (χ2n) is 8.50. The van der Waals surface area contributed by atoms with Gasteiger partial charge < -0.3 is 20.1 Å². The minimum absolute atomic E-state index is 0.601. The van der Waals surface area contributed by atoms with Gasteiger partial charge in [0, 0.05) is 65.0 Å². The van der Waals surface area contributed by atoms with Gasteiger partial charge in [-0.05, 0) is 17.5 Å². The molecular formula is C25H34N6O2. The van der Waals surface area contributed by atoms with E-state index in [-0.39, 0.29) is 0 Å². The Labute approximate surface area is 196 Å². The average Bonchev–Trinajstić information content (AvgIpc) is 2.85. The number of rotatable bonds is 10. The highest BCUT2D eigenvalue weighted by Crippen LogP contribution is 2.32. The highest BCUT2D eigenvalue weighted by atomic mass is 16.5. The molecule has 0 radical (unpaired) electrons. The number of benzene rings is 1. The third-order valence-electron chi connectivity index (χ3n) is 6.26. The van der Waals surface area contributed by atoms with Crippen molar-refractivity contribution >= 4 is 11.6 Å². The van der Waals surface area contributed by atoms with Crippen LogP contribution in [0.25, 0.3) is 0 Å². The van der Waals surface area contributed by atoms with Crippen molar-refractivity contribution in [1.29, 1.82) is 5.26 Å². The molecule has 0 bridgehead atoms. The van der Waals surface area contributed by atoms with E-state index in [4.69, 9.17) is 14.5 Å². The maximum absolute atomic E-state index is 10.0. The molecule has 176 valence electrons. The van der Waals surface area contributed by atoms with Gasteiger partial charge in [0.1, 0.15) is 17.7 Å². The van der Waals surface area contributed by atoms with Crippen molar-refractivity contribution < 1.29 is 9.47 Å². The Hall–Kier alpha value is -2.70. The molecule has 4 rings (SSSR count). The van der Waals surface area contributed by atoms with E-state index < -0.39 is 0 Å². The molecule has 2 aliphatic rings. The molecule has 0 aliphatic carbocycles. The summed E-state index contributed by atoms with van der Waals surface area (Å²) >= 11 is 0. The molecule has 8 nitrogen and oxygen atoms in total. The average molecular weight is 451 g/mol.